The standard InChI is InChI=1S/C50H61F2N7O6/c1-65-44-27-43(41(52)26-39(44)46-50(14-2-3-15-50)49(64)59(46)37-5-4-34(31-60)40(51)25-37)57-18-12-33(13-19-57)29-55-22-20-54(21-23-55)28-32-10-16-56(17-11-32)36-6-7-38-35(24-36)30-58(48(38)63)42-8-9-45(61)53-47(42)62/h4-7,24-27,32-33,42,46,60H,2-3,8-23,28-31H2,1H3,(H,53,61,62)/t42-,46-/m0/s1. The number of rotatable bonds is 11. The number of halogens is 2. The third-order valence-corrected chi connectivity index (χ3v) is 15.9. The quantitative estimate of drug-likeness (QED) is 0.185. The monoisotopic (exact) mass is 893 g/mol. The SMILES string of the molecule is COc1cc(N2CCC(CN3CCN(CC4CCN(c5ccc6c(c5)CN([C@H]5CCC(=O)NC5=O)C6=O)CC4)CC3)CC2)c(F)cc1[C@@H]1N(c2ccc(CO)c(F)c2)C(=O)C12CCCC2. The predicted molar refractivity (Wildman–Crippen MR) is 242 cm³/mol. The van der Waals surface area contributed by atoms with Crippen LogP contribution in [0.15, 0.2) is 48.5 Å². The van der Waals surface area contributed by atoms with Crippen molar-refractivity contribution >= 4 is 40.7 Å². The van der Waals surface area contributed by atoms with Gasteiger partial charge in [-0.25, -0.2) is 8.78 Å². The zero-order valence-electron chi connectivity index (χ0n) is 37.4. The number of β-lactam (4-membered cyclic amide) rings is 1. The number of benzene rings is 3. The molecule has 0 radical (unpaired) electrons. The molecule has 7 aliphatic rings. The maximum atomic E-state index is 16.3. The van der Waals surface area contributed by atoms with Gasteiger partial charge in [-0.05, 0) is 98.7 Å². The average Bonchev–Trinajstić information content (AvgIpc) is 3.96. The zero-order chi connectivity index (χ0) is 45.0. The van der Waals surface area contributed by atoms with Crippen LogP contribution in [0.2, 0.25) is 0 Å². The van der Waals surface area contributed by atoms with E-state index < -0.39 is 29.9 Å². The molecule has 0 unspecified atom stereocenters. The lowest BCUT2D eigenvalue weighted by molar-refractivity contribution is -0.140. The van der Waals surface area contributed by atoms with E-state index in [0.717, 1.165) is 115 Å². The van der Waals surface area contributed by atoms with Crippen LogP contribution in [0, 0.1) is 28.9 Å². The minimum Gasteiger partial charge on any atom is -0.496 e. The maximum absolute atomic E-state index is 16.3. The number of piperidine rings is 3. The van der Waals surface area contributed by atoms with Crippen molar-refractivity contribution in [3.8, 4) is 5.75 Å². The van der Waals surface area contributed by atoms with Gasteiger partial charge in [-0.2, -0.15) is 0 Å². The predicted octanol–water partition coefficient (Wildman–Crippen LogP) is 5.63. The van der Waals surface area contributed by atoms with Gasteiger partial charge in [-0.3, -0.25) is 24.5 Å². The van der Waals surface area contributed by atoms with E-state index in [4.69, 9.17) is 4.74 Å². The van der Waals surface area contributed by atoms with Gasteiger partial charge in [0.25, 0.3) is 5.91 Å². The Bertz CT molecular complexity index is 2330. The lowest BCUT2D eigenvalue weighted by atomic mass is 9.66. The van der Waals surface area contributed by atoms with Crippen molar-refractivity contribution in [1.29, 1.82) is 0 Å². The van der Waals surface area contributed by atoms with Crippen LogP contribution in [0.1, 0.15) is 97.3 Å². The van der Waals surface area contributed by atoms with E-state index >= 15 is 4.39 Å². The van der Waals surface area contributed by atoms with Crippen LogP contribution < -0.4 is 24.8 Å². The molecule has 15 heteroatoms. The van der Waals surface area contributed by atoms with Gasteiger partial charge in [0.1, 0.15) is 23.4 Å². The van der Waals surface area contributed by atoms with Gasteiger partial charge < -0.3 is 39.2 Å². The Morgan fingerprint density at radius 3 is 2.02 bits per heavy atom. The number of piperazine rings is 1. The highest BCUT2D eigenvalue weighted by molar-refractivity contribution is 6.07. The summed E-state index contributed by atoms with van der Waals surface area (Å²) >= 11 is 0. The molecule has 3 aromatic carbocycles. The number of ether oxygens (including phenoxy) is 1. The molecule has 6 fully saturated rings. The first-order chi connectivity index (χ1) is 31.5. The second-order valence-electron chi connectivity index (χ2n) is 19.6. The molecule has 0 aromatic heterocycles. The Morgan fingerprint density at radius 1 is 0.754 bits per heavy atom. The van der Waals surface area contributed by atoms with Crippen LogP contribution in [0.4, 0.5) is 25.8 Å². The molecule has 2 N–H and O–H groups in total. The number of carbonyl (C=O) groups excluding carboxylic acids is 4. The third-order valence-electron chi connectivity index (χ3n) is 15.9. The summed E-state index contributed by atoms with van der Waals surface area (Å²) < 4.78 is 37.1. The van der Waals surface area contributed by atoms with Crippen molar-refractivity contribution in [3.05, 3.63) is 82.4 Å². The van der Waals surface area contributed by atoms with Crippen molar-refractivity contribution in [2.45, 2.75) is 89.4 Å². The Labute approximate surface area is 379 Å². The Morgan fingerprint density at radius 2 is 1.40 bits per heavy atom. The molecule has 6 heterocycles. The Balaban J connectivity index is 0.689. The molecular weight excluding hydrogens is 833 g/mol. The van der Waals surface area contributed by atoms with Crippen LogP contribution in [-0.2, 0) is 27.5 Å². The highest BCUT2D eigenvalue weighted by Crippen LogP contribution is 2.62. The summed E-state index contributed by atoms with van der Waals surface area (Å²) in [5.74, 6) is -0.0688. The second kappa shape index (κ2) is 17.9. The molecule has 65 heavy (non-hydrogen) atoms. The third kappa shape index (κ3) is 8.15. The lowest BCUT2D eigenvalue weighted by Crippen LogP contribution is -2.62. The second-order valence-corrected chi connectivity index (χ2v) is 19.6. The maximum Gasteiger partial charge on any atom is 0.255 e. The molecule has 5 saturated heterocycles. The number of methoxy groups -OCH3 is 1. The van der Waals surface area contributed by atoms with Crippen LogP contribution in [-0.4, -0.2) is 122 Å². The number of imide groups is 1. The average molecular weight is 894 g/mol. The molecule has 1 spiro atoms. The first-order valence-electron chi connectivity index (χ1n) is 23.9. The Kier molecular flexibility index (Phi) is 12.1. The van der Waals surface area contributed by atoms with E-state index in [1.807, 2.05) is 12.1 Å². The number of aliphatic hydroxyl groups is 1. The molecule has 1 saturated carbocycles. The molecule has 4 amide bonds. The van der Waals surface area contributed by atoms with Gasteiger partial charge in [0.2, 0.25) is 17.7 Å². The minimum absolute atomic E-state index is 0.0685. The van der Waals surface area contributed by atoms with Crippen molar-refractivity contribution in [2.24, 2.45) is 17.3 Å². The van der Waals surface area contributed by atoms with Crippen molar-refractivity contribution in [3.63, 3.8) is 0 Å². The number of amides is 4. The summed E-state index contributed by atoms with van der Waals surface area (Å²) in [6.45, 7) is 9.79. The van der Waals surface area contributed by atoms with E-state index in [1.54, 1.807) is 35.1 Å². The summed E-state index contributed by atoms with van der Waals surface area (Å²) in [5, 5.41) is 11.9. The van der Waals surface area contributed by atoms with E-state index in [1.165, 1.54) is 12.1 Å². The normalized spacial score (nSPS) is 24.6. The zero-order valence-corrected chi connectivity index (χ0v) is 37.4. The van der Waals surface area contributed by atoms with Gasteiger partial charge in [-0.15, -0.1) is 0 Å². The summed E-state index contributed by atoms with van der Waals surface area (Å²) in [7, 11) is 1.58. The number of carbonyl (C=O) groups is 4. The highest BCUT2D eigenvalue weighted by Gasteiger charge is 2.63. The number of hydrogen-bond donors (Lipinski definition) is 2. The molecule has 0 bridgehead atoms. The molecule has 2 atom stereocenters. The fourth-order valence-electron chi connectivity index (χ4n) is 12.2. The molecular formula is C50H61F2N7O6. The van der Waals surface area contributed by atoms with E-state index in [9.17, 15) is 28.7 Å². The fraction of sp³-hybridized carbons (Fsp3) is 0.560. The van der Waals surface area contributed by atoms with Gasteiger partial charge in [0.05, 0.1) is 30.9 Å². The van der Waals surface area contributed by atoms with Gasteiger partial charge in [-0.1, -0.05) is 18.9 Å². The van der Waals surface area contributed by atoms with Gasteiger partial charge in [0, 0.05) is 113 Å². The van der Waals surface area contributed by atoms with Crippen molar-refractivity contribution < 1.29 is 37.8 Å². The number of anilines is 3. The summed E-state index contributed by atoms with van der Waals surface area (Å²) in [6.07, 6.45) is 8.01. The fourth-order valence-corrected chi connectivity index (χ4v) is 12.2. The smallest absolute Gasteiger partial charge is 0.255 e. The van der Waals surface area contributed by atoms with Gasteiger partial charge in [0.15, 0.2) is 0 Å². The number of aliphatic hydroxyl groups excluding tert-OH is 1. The molecule has 10 rings (SSSR count). The molecule has 13 nitrogen and oxygen atoms in total. The molecule has 6 aliphatic heterocycles. The van der Waals surface area contributed by atoms with Crippen molar-refractivity contribution in [1.82, 2.24) is 20.0 Å². The first kappa shape index (κ1) is 43.8. The topological polar surface area (TPSA) is 129 Å². The largest absolute Gasteiger partial charge is 0.496 e. The number of hydrogen-bond acceptors (Lipinski definition) is 10. The summed E-state index contributed by atoms with van der Waals surface area (Å²) in [4.78, 5) is 64.1. The number of nitrogens with zero attached hydrogens (tertiary/aromatic N) is 6. The van der Waals surface area contributed by atoms with Crippen LogP contribution in [0.3, 0.4) is 0 Å². The highest BCUT2D eigenvalue weighted by atomic mass is 19.1. The minimum atomic E-state index is -0.668. The first-order valence-corrected chi connectivity index (χ1v) is 23.9. The lowest BCUT2D eigenvalue weighted by Gasteiger charge is -2.55. The van der Waals surface area contributed by atoms with Crippen LogP contribution in [0.25, 0.3) is 0 Å². The van der Waals surface area contributed by atoms with E-state index in [2.05, 4.69) is 31.0 Å². The number of fused-ring (bicyclic) bond motifs is 1. The van der Waals surface area contributed by atoms with Gasteiger partial charge >= 0.3 is 0 Å². The molecule has 346 valence electrons. The van der Waals surface area contributed by atoms with Crippen LogP contribution >= 0.6 is 0 Å². The van der Waals surface area contributed by atoms with Crippen LogP contribution in [0.5, 0.6) is 5.75 Å². The summed E-state index contributed by atoms with van der Waals surface area (Å²) in [5.41, 5.74) is 3.73. The summed E-state index contributed by atoms with van der Waals surface area (Å²) in [6, 6.07) is 12.8. The van der Waals surface area contributed by atoms with Crippen molar-refractivity contribution in [2.75, 3.05) is 87.3 Å². The van der Waals surface area contributed by atoms with E-state index in [0.29, 0.717) is 65.9 Å². The van der Waals surface area contributed by atoms with E-state index in [-0.39, 0.29) is 41.4 Å². The molecule has 3 aromatic rings. The molecule has 1 aliphatic carbocycles. The Hall–Kier alpha value is -5.12. The number of nitrogens with one attached hydrogen (secondary N) is 1.